The van der Waals surface area contributed by atoms with E-state index >= 15 is 0 Å². The molecule has 0 aliphatic heterocycles. The van der Waals surface area contributed by atoms with Crippen molar-refractivity contribution >= 4 is 27.3 Å². The monoisotopic (exact) mass is 424 g/mol. The maximum absolute atomic E-state index is 12.6. The second-order valence-electron chi connectivity index (χ2n) is 7.11. The molecule has 0 bridgehead atoms. The third-order valence-electron chi connectivity index (χ3n) is 4.40. The Morgan fingerprint density at radius 2 is 1.53 bits per heavy atom. The number of rotatable bonds is 7. The molecule has 0 saturated carbocycles. The van der Waals surface area contributed by atoms with Gasteiger partial charge in [-0.15, -0.1) is 0 Å². The number of amides is 1. The van der Waals surface area contributed by atoms with Crippen molar-refractivity contribution in [1.82, 2.24) is 0 Å². The molecule has 0 aliphatic carbocycles. The number of nitrogens with one attached hydrogen (secondary N) is 2. The van der Waals surface area contributed by atoms with Crippen LogP contribution in [-0.2, 0) is 14.8 Å². The Morgan fingerprint density at radius 1 is 0.900 bits per heavy atom. The molecule has 30 heavy (non-hydrogen) atoms. The average molecular weight is 425 g/mol. The lowest BCUT2D eigenvalue weighted by Crippen LogP contribution is -2.20. The summed E-state index contributed by atoms with van der Waals surface area (Å²) in [4.78, 5) is 12.2. The van der Waals surface area contributed by atoms with Crippen LogP contribution in [0.1, 0.15) is 16.7 Å². The maximum atomic E-state index is 12.6. The quantitative estimate of drug-likeness (QED) is 0.588. The molecule has 3 aromatic rings. The highest BCUT2D eigenvalue weighted by atomic mass is 32.2. The van der Waals surface area contributed by atoms with Crippen molar-refractivity contribution in [1.29, 1.82) is 0 Å². The highest BCUT2D eigenvalue weighted by Gasteiger charge is 2.15. The van der Waals surface area contributed by atoms with Crippen LogP contribution in [0.15, 0.2) is 71.6 Å². The van der Waals surface area contributed by atoms with Gasteiger partial charge in [0.15, 0.2) is 6.61 Å². The average Bonchev–Trinajstić information content (AvgIpc) is 2.67. The van der Waals surface area contributed by atoms with Gasteiger partial charge in [0.1, 0.15) is 5.75 Å². The lowest BCUT2D eigenvalue weighted by molar-refractivity contribution is -0.118. The summed E-state index contributed by atoms with van der Waals surface area (Å²) < 4.78 is 33.2. The number of anilines is 2. The molecule has 0 spiro atoms. The summed E-state index contributed by atoms with van der Waals surface area (Å²) in [7, 11) is -3.72. The molecule has 3 aromatic carbocycles. The molecule has 2 N–H and O–H groups in total. The van der Waals surface area contributed by atoms with E-state index in [4.69, 9.17) is 4.74 Å². The molecule has 0 radical (unpaired) electrons. The van der Waals surface area contributed by atoms with Crippen LogP contribution in [0.4, 0.5) is 11.4 Å². The van der Waals surface area contributed by atoms with Crippen molar-refractivity contribution in [3.63, 3.8) is 0 Å². The van der Waals surface area contributed by atoms with Crippen molar-refractivity contribution in [2.75, 3.05) is 16.6 Å². The molecule has 0 aromatic heterocycles. The SMILES string of the molecule is Cc1cc(C)cc(NC(=O)COc2ccc(S(=O)(=O)Nc3ccccc3C)cc2)c1. The minimum atomic E-state index is -3.72. The topological polar surface area (TPSA) is 84.5 Å². The van der Waals surface area contributed by atoms with E-state index in [0.29, 0.717) is 17.1 Å². The Balaban J connectivity index is 1.60. The standard InChI is InChI=1S/C23H24N2O4S/c1-16-12-17(2)14-19(13-16)24-23(26)15-29-20-8-10-21(11-9-20)30(27,28)25-22-7-5-4-6-18(22)3/h4-14,25H,15H2,1-3H3,(H,24,26). The summed E-state index contributed by atoms with van der Waals surface area (Å²) in [5.41, 5.74) is 4.19. The molecule has 0 unspecified atom stereocenters. The van der Waals surface area contributed by atoms with Crippen molar-refractivity contribution in [3.05, 3.63) is 83.4 Å². The molecule has 0 heterocycles. The van der Waals surface area contributed by atoms with E-state index in [1.54, 1.807) is 12.1 Å². The smallest absolute Gasteiger partial charge is 0.262 e. The minimum Gasteiger partial charge on any atom is -0.484 e. The van der Waals surface area contributed by atoms with E-state index < -0.39 is 10.0 Å². The van der Waals surface area contributed by atoms with Crippen LogP contribution in [-0.4, -0.2) is 20.9 Å². The van der Waals surface area contributed by atoms with E-state index in [2.05, 4.69) is 10.0 Å². The minimum absolute atomic E-state index is 0.109. The Morgan fingerprint density at radius 3 is 2.17 bits per heavy atom. The molecule has 0 aliphatic rings. The molecule has 7 heteroatoms. The molecule has 6 nitrogen and oxygen atoms in total. The van der Waals surface area contributed by atoms with Gasteiger partial charge < -0.3 is 10.1 Å². The molecule has 1 amide bonds. The van der Waals surface area contributed by atoms with Gasteiger partial charge in [0.25, 0.3) is 15.9 Å². The third kappa shape index (κ3) is 5.61. The van der Waals surface area contributed by atoms with Crippen molar-refractivity contribution < 1.29 is 17.9 Å². The van der Waals surface area contributed by atoms with Crippen molar-refractivity contribution in [2.45, 2.75) is 25.7 Å². The van der Waals surface area contributed by atoms with E-state index in [1.165, 1.54) is 24.3 Å². The first-order valence-electron chi connectivity index (χ1n) is 9.42. The number of carbonyl (C=O) groups is 1. The van der Waals surface area contributed by atoms with Gasteiger partial charge in [-0.3, -0.25) is 9.52 Å². The van der Waals surface area contributed by atoms with Gasteiger partial charge >= 0.3 is 0 Å². The van der Waals surface area contributed by atoms with Crippen LogP contribution in [0.5, 0.6) is 5.75 Å². The Bertz CT molecular complexity index is 1140. The number of sulfonamides is 1. The zero-order chi connectivity index (χ0) is 21.7. The van der Waals surface area contributed by atoms with Crippen LogP contribution in [0.25, 0.3) is 0 Å². The Hall–Kier alpha value is -3.32. The molecule has 156 valence electrons. The summed E-state index contributed by atoms with van der Waals surface area (Å²) in [6.07, 6.45) is 0. The summed E-state index contributed by atoms with van der Waals surface area (Å²) in [6.45, 7) is 5.57. The molecule has 0 saturated heterocycles. The largest absolute Gasteiger partial charge is 0.484 e. The fourth-order valence-electron chi connectivity index (χ4n) is 3.00. The number of hydrogen-bond donors (Lipinski definition) is 2. The van der Waals surface area contributed by atoms with E-state index in [0.717, 1.165) is 16.7 Å². The summed E-state index contributed by atoms with van der Waals surface area (Å²) >= 11 is 0. The van der Waals surface area contributed by atoms with Crippen LogP contribution in [0.2, 0.25) is 0 Å². The number of aryl methyl sites for hydroxylation is 3. The highest BCUT2D eigenvalue weighted by molar-refractivity contribution is 7.92. The molecule has 0 atom stereocenters. The van der Waals surface area contributed by atoms with E-state index in [1.807, 2.05) is 51.1 Å². The highest BCUT2D eigenvalue weighted by Crippen LogP contribution is 2.21. The summed E-state index contributed by atoms with van der Waals surface area (Å²) in [5, 5.41) is 2.79. The van der Waals surface area contributed by atoms with Crippen molar-refractivity contribution in [2.24, 2.45) is 0 Å². The lowest BCUT2D eigenvalue weighted by atomic mass is 10.1. The predicted octanol–water partition coefficient (Wildman–Crippen LogP) is 4.43. The Labute approximate surface area is 177 Å². The third-order valence-corrected chi connectivity index (χ3v) is 5.78. The molecular weight excluding hydrogens is 400 g/mol. The van der Waals surface area contributed by atoms with Crippen LogP contribution in [0.3, 0.4) is 0 Å². The first kappa shape index (κ1) is 21.4. The van der Waals surface area contributed by atoms with Gasteiger partial charge in [-0.2, -0.15) is 0 Å². The van der Waals surface area contributed by atoms with Gasteiger partial charge in [0, 0.05) is 5.69 Å². The van der Waals surface area contributed by atoms with Gasteiger partial charge in [-0.05, 0) is 79.9 Å². The fourth-order valence-corrected chi connectivity index (χ4v) is 4.13. The van der Waals surface area contributed by atoms with Crippen LogP contribution < -0.4 is 14.8 Å². The lowest BCUT2D eigenvalue weighted by Gasteiger charge is -2.11. The molecular formula is C23H24N2O4S. The van der Waals surface area contributed by atoms with Gasteiger partial charge in [0.2, 0.25) is 0 Å². The first-order valence-corrected chi connectivity index (χ1v) is 10.9. The normalized spacial score (nSPS) is 11.0. The van der Waals surface area contributed by atoms with Gasteiger partial charge in [-0.25, -0.2) is 8.42 Å². The summed E-state index contributed by atoms with van der Waals surface area (Å²) in [6, 6.07) is 18.9. The number of ether oxygens (including phenoxy) is 1. The van der Waals surface area contributed by atoms with Crippen molar-refractivity contribution in [3.8, 4) is 5.75 Å². The number of carbonyl (C=O) groups excluding carboxylic acids is 1. The van der Waals surface area contributed by atoms with Gasteiger partial charge in [0.05, 0.1) is 10.6 Å². The number of benzene rings is 3. The van der Waals surface area contributed by atoms with Crippen LogP contribution >= 0.6 is 0 Å². The number of para-hydroxylation sites is 1. The predicted molar refractivity (Wildman–Crippen MR) is 118 cm³/mol. The van der Waals surface area contributed by atoms with E-state index in [-0.39, 0.29) is 17.4 Å². The summed E-state index contributed by atoms with van der Waals surface area (Å²) in [5.74, 6) is 0.110. The number of hydrogen-bond acceptors (Lipinski definition) is 4. The Kier molecular flexibility index (Phi) is 6.42. The zero-order valence-corrected chi connectivity index (χ0v) is 17.9. The maximum Gasteiger partial charge on any atom is 0.262 e. The first-order chi connectivity index (χ1) is 14.2. The van der Waals surface area contributed by atoms with Crippen LogP contribution in [0, 0.1) is 20.8 Å². The molecule has 0 fully saturated rings. The fraction of sp³-hybridized carbons (Fsp3) is 0.174. The second kappa shape index (κ2) is 9.00. The second-order valence-corrected chi connectivity index (χ2v) is 8.79. The zero-order valence-electron chi connectivity index (χ0n) is 17.1. The van der Waals surface area contributed by atoms with Gasteiger partial charge in [-0.1, -0.05) is 24.3 Å². The molecule has 3 rings (SSSR count). The van der Waals surface area contributed by atoms with E-state index in [9.17, 15) is 13.2 Å².